The van der Waals surface area contributed by atoms with Gasteiger partial charge in [0, 0.05) is 0 Å². The monoisotopic (exact) mass is 516 g/mol. The molecule has 0 fully saturated rings. The Bertz CT molecular complexity index is 287. The molecule has 0 aromatic rings. The van der Waals surface area contributed by atoms with Gasteiger partial charge in [0.2, 0.25) is 0 Å². The summed E-state index contributed by atoms with van der Waals surface area (Å²) in [5, 5.41) is 0. The summed E-state index contributed by atoms with van der Waals surface area (Å²) >= 11 is -2.11. The van der Waals surface area contributed by atoms with Gasteiger partial charge in [-0.1, -0.05) is 0 Å². The molecule has 0 aliphatic carbocycles. The normalized spacial score (nSPS) is 12.6. The van der Waals surface area contributed by atoms with Crippen LogP contribution < -0.4 is 0 Å². The molecule has 0 aliphatic heterocycles. The van der Waals surface area contributed by atoms with Crippen LogP contribution >= 0.6 is 0 Å². The van der Waals surface area contributed by atoms with Crippen molar-refractivity contribution in [1.82, 2.24) is 0 Å². The van der Waals surface area contributed by atoms with E-state index in [0.717, 1.165) is 0 Å². The van der Waals surface area contributed by atoms with E-state index in [4.69, 9.17) is 0 Å². The molecule has 29 heavy (non-hydrogen) atoms. The molecule has 0 nitrogen and oxygen atoms in total. The van der Waals surface area contributed by atoms with Gasteiger partial charge in [-0.2, -0.15) is 0 Å². The van der Waals surface area contributed by atoms with Crippen LogP contribution in [0.5, 0.6) is 0 Å². The molecular weight excluding hydrogens is 455 g/mol. The van der Waals surface area contributed by atoms with Gasteiger partial charge >= 0.3 is 192 Å². The number of hydrogen-bond donors (Lipinski definition) is 0. The van der Waals surface area contributed by atoms with Crippen LogP contribution in [-0.4, -0.2) is 18.4 Å². The maximum absolute atomic E-state index is 2.65. The van der Waals surface area contributed by atoms with E-state index in [9.17, 15) is 0 Å². The van der Waals surface area contributed by atoms with E-state index in [-0.39, 0.29) is 0 Å². The van der Waals surface area contributed by atoms with Crippen molar-refractivity contribution < 1.29 is 0 Å². The summed E-state index contributed by atoms with van der Waals surface area (Å²) < 4.78 is 5.72. The van der Waals surface area contributed by atoms with Crippen LogP contribution in [0, 0.1) is 0 Å². The number of unbranched alkanes of at least 4 members (excludes halogenated alkanes) is 15. The molecule has 0 atom stereocenters. The van der Waals surface area contributed by atoms with Gasteiger partial charge in [-0.05, 0) is 0 Å². The van der Waals surface area contributed by atoms with Gasteiger partial charge in [-0.3, -0.25) is 0 Å². The quantitative estimate of drug-likeness (QED) is 0.105. The van der Waals surface area contributed by atoms with Gasteiger partial charge in [0.05, 0.1) is 0 Å². The average Bonchev–Trinajstić information content (AvgIpc) is 2.68. The molecular formula is C28H60Sn. The van der Waals surface area contributed by atoms with Gasteiger partial charge in [0.15, 0.2) is 0 Å². The molecule has 0 N–H and O–H groups in total. The summed E-state index contributed by atoms with van der Waals surface area (Å²) in [5.41, 5.74) is 0. The Morgan fingerprint density at radius 1 is 0.379 bits per heavy atom. The topological polar surface area (TPSA) is 0 Å². The van der Waals surface area contributed by atoms with Crippen molar-refractivity contribution in [2.24, 2.45) is 0 Å². The predicted molar refractivity (Wildman–Crippen MR) is 140 cm³/mol. The molecule has 176 valence electrons. The molecule has 0 unspecified atom stereocenters. The molecule has 0 saturated heterocycles. The molecule has 0 bridgehead atoms. The summed E-state index contributed by atoms with van der Waals surface area (Å²) in [6, 6.07) is 0. The molecule has 0 radical (unpaired) electrons. The molecule has 0 saturated carbocycles. The SMILES string of the molecule is CCCCCCC[CH2][Sn]([CH2]CCCCCCC)([CH2]CCCCCCC)[C](C)(C)C. The van der Waals surface area contributed by atoms with Gasteiger partial charge in [-0.25, -0.2) is 0 Å². The summed E-state index contributed by atoms with van der Waals surface area (Å²) in [6.07, 6.45) is 26.6. The number of hydrogen-bond acceptors (Lipinski definition) is 0. The first-order valence-electron chi connectivity index (χ1n) is 13.9. The first-order chi connectivity index (χ1) is 13.9. The van der Waals surface area contributed by atoms with Crippen molar-refractivity contribution in [3.63, 3.8) is 0 Å². The number of rotatable bonds is 21. The van der Waals surface area contributed by atoms with Gasteiger partial charge in [-0.15, -0.1) is 0 Å². The molecule has 0 aliphatic rings. The van der Waals surface area contributed by atoms with Crippen LogP contribution in [0.25, 0.3) is 0 Å². The van der Waals surface area contributed by atoms with E-state index in [0.29, 0.717) is 3.43 Å². The van der Waals surface area contributed by atoms with Crippen molar-refractivity contribution in [2.45, 2.75) is 174 Å². The van der Waals surface area contributed by atoms with Crippen LogP contribution in [0.2, 0.25) is 16.7 Å². The summed E-state index contributed by atoms with van der Waals surface area (Å²) in [7, 11) is 0. The third-order valence-electron chi connectivity index (χ3n) is 7.62. The first kappa shape index (κ1) is 29.8. The molecule has 0 heterocycles. The molecule has 1 heteroatoms. The first-order valence-corrected chi connectivity index (χ1v) is 21.4. The fraction of sp³-hybridized carbons (Fsp3) is 1.00. The zero-order valence-corrected chi connectivity index (χ0v) is 24.7. The second-order valence-corrected chi connectivity index (χ2v) is 27.0. The minimum atomic E-state index is -2.11. The Balaban J connectivity index is 4.67. The van der Waals surface area contributed by atoms with Crippen molar-refractivity contribution in [3.8, 4) is 0 Å². The third kappa shape index (κ3) is 15.3. The Kier molecular flexibility index (Phi) is 20.0. The van der Waals surface area contributed by atoms with Crippen LogP contribution in [-0.2, 0) is 0 Å². The van der Waals surface area contributed by atoms with Crippen molar-refractivity contribution in [3.05, 3.63) is 0 Å². The van der Waals surface area contributed by atoms with Crippen LogP contribution in [0.3, 0.4) is 0 Å². The molecule has 0 amide bonds. The Morgan fingerprint density at radius 2 is 0.621 bits per heavy atom. The van der Waals surface area contributed by atoms with Crippen LogP contribution in [0.15, 0.2) is 0 Å². The van der Waals surface area contributed by atoms with E-state index >= 15 is 0 Å². The Hall–Kier alpha value is 0.799. The Morgan fingerprint density at radius 3 is 0.862 bits per heavy atom. The van der Waals surface area contributed by atoms with Crippen LogP contribution in [0.4, 0.5) is 0 Å². The predicted octanol–water partition coefficient (Wildman–Crippen LogP) is 11.3. The second-order valence-electron chi connectivity index (χ2n) is 11.1. The fourth-order valence-corrected chi connectivity index (χ4v) is 21.7. The minimum absolute atomic E-state index is 0.658. The second kappa shape index (κ2) is 19.5. The summed E-state index contributed by atoms with van der Waals surface area (Å²) in [5.74, 6) is 0. The van der Waals surface area contributed by atoms with Crippen molar-refractivity contribution in [1.29, 1.82) is 0 Å². The maximum atomic E-state index is 2.65. The van der Waals surface area contributed by atoms with E-state index in [1.54, 1.807) is 32.6 Å². The zero-order valence-electron chi connectivity index (χ0n) is 21.8. The van der Waals surface area contributed by atoms with Gasteiger partial charge in [0.25, 0.3) is 0 Å². The molecule has 0 aromatic carbocycles. The van der Waals surface area contributed by atoms with Crippen LogP contribution in [0.1, 0.15) is 157 Å². The van der Waals surface area contributed by atoms with E-state index in [2.05, 4.69) is 41.5 Å². The van der Waals surface area contributed by atoms with Crippen molar-refractivity contribution >= 4 is 18.4 Å². The summed E-state index contributed by atoms with van der Waals surface area (Å²) in [4.78, 5) is 0. The molecule has 0 aromatic heterocycles. The summed E-state index contributed by atoms with van der Waals surface area (Å²) in [6.45, 7) is 14.9. The van der Waals surface area contributed by atoms with Crippen molar-refractivity contribution in [2.75, 3.05) is 0 Å². The van der Waals surface area contributed by atoms with E-state index in [1.807, 2.05) is 0 Å². The molecule has 0 spiro atoms. The fourth-order valence-electron chi connectivity index (χ4n) is 5.23. The molecule has 0 rings (SSSR count). The van der Waals surface area contributed by atoms with E-state index in [1.165, 1.54) is 96.3 Å². The zero-order chi connectivity index (χ0) is 21.8. The third-order valence-corrected chi connectivity index (χ3v) is 27.9. The van der Waals surface area contributed by atoms with E-state index < -0.39 is 18.4 Å². The Labute approximate surface area is 191 Å². The van der Waals surface area contributed by atoms with Gasteiger partial charge < -0.3 is 0 Å². The standard InChI is InChI=1S/3C8H17.C4H9.Sn/c3*1-3-5-7-8-6-4-2;1-4(2)3;/h3*1,3-8H2,2H3;1-3H3;. The average molecular weight is 515 g/mol. The van der Waals surface area contributed by atoms with Gasteiger partial charge in [0.1, 0.15) is 0 Å².